The first-order valence-corrected chi connectivity index (χ1v) is 8.52. The molecular weight excluding hydrogens is 278 g/mol. The molecule has 5 nitrogen and oxygen atoms in total. The Morgan fingerprint density at radius 2 is 1.85 bits per heavy atom. The number of nitrogens with one attached hydrogen (secondary N) is 1. The van der Waals surface area contributed by atoms with Gasteiger partial charge in [-0.1, -0.05) is 19.8 Å². The summed E-state index contributed by atoms with van der Waals surface area (Å²) in [5.41, 5.74) is 0. The van der Waals surface area contributed by atoms with Gasteiger partial charge in [0.1, 0.15) is 5.75 Å². The maximum Gasteiger partial charge on any atom is 0.257 e. The number of ether oxygens (including phenoxy) is 1. The van der Waals surface area contributed by atoms with Gasteiger partial charge in [-0.3, -0.25) is 4.79 Å². The van der Waals surface area contributed by atoms with E-state index in [-0.39, 0.29) is 17.4 Å². The average Bonchev–Trinajstić information content (AvgIpc) is 2.41. The highest BCUT2D eigenvalue weighted by Crippen LogP contribution is 2.15. The first-order valence-electron chi connectivity index (χ1n) is 6.63. The molecule has 0 atom stereocenters. The standard InChI is InChI=1S/C14H21NO4S/c1-3-4-5-10-15-14(16)11-19-12-6-8-13(9-7-12)20(2,17)18/h6-9H,3-5,10-11H2,1-2H3,(H,15,16). The summed E-state index contributed by atoms with van der Waals surface area (Å²) in [5, 5.41) is 2.76. The van der Waals surface area contributed by atoms with Crippen LogP contribution in [-0.4, -0.2) is 33.7 Å². The van der Waals surface area contributed by atoms with Crippen molar-refractivity contribution in [3.8, 4) is 5.75 Å². The summed E-state index contributed by atoms with van der Waals surface area (Å²) < 4.78 is 27.8. The molecule has 0 aromatic heterocycles. The van der Waals surface area contributed by atoms with Crippen molar-refractivity contribution in [1.82, 2.24) is 5.32 Å². The normalized spacial score (nSPS) is 11.1. The Kier molecular flexibility index (Phi) is 6.51. The summed E-state index contributed by atoms with van der Waals surface area (Å²) in [5.74, 6) is 0.300. The molecule has 20 heavy (non-hydrogen) atoms. The Morgan fingerprint density at radius 1 is 1.20 bits per heavy atom. The van der Waals surface area contributed by atoms with Gasteiger partial charge in [-0.05, 0) is 30.7 Å². The van der Waals surface area contributed by atoms with Gasteiger partial charge in [-0.2, -0.15) is 0 Å². The summed E-state index contributed by atoms with van der Waals surface area (Å²) in [7, 11) is -3.20. The van der Waals surface area contributed by atoms with Crippen LogP contribution in [0.2, 0.25) is 0 Å². The fourth-order valence-electron chi connectivity index (χ4n) is 1.59. The second-order valence-corrected chi connectivity index (χ2v) is 6.61. The third-order valence-electron chi connectivity index (χ3n) is 2.72. The van der Waals surface area contributed by atoms with E-state index in [0.717, 1.165) is 25.5 Å². The zero-order valence-corrected chi connectivity index (χ0v) is 12.7. The van der Waals surface area contributed by atoms with Crippen molar-refractivity contribution in [1.29, 1.82) is 0 Å². The second kappa shape index (κ2) is 7.89. The molecule has 112 valence electrons. The molecule has 0 heterocycles. The van der Waals surface area contributed by atoms with Crippen LogP contribution in [0.3, 0.4) is 0 Å². The smallest absolute Gasteiger partial charge is 0.257 e. The van der Waals surface area contributed by atoms with Crippen LogP contribution < -0.4 is 10.1 Å². The minimum Gasteiger partial charge on any atom is -0.484 e. The molecule has 6 heteroatoms. The number of amides is 1. The molecule has 0 aliphatic heterocycles. The number of hydrogen-bond donors (Lipinski definition) is 1. The Bertz CT molecular complexity index is 523. The van der Waals surface area contributed by atoms with E-state index in [2.05, 4.69) is 12.2 Å². The number of carbonyl (C=O) groups excluding carboxylic acids is 1. The average molecular weight is 299 g/mol. The SMILES string of the molecule is CCCCCNC(=O)COc1ccc(S(C)(=O)=O)cc1. The highest BCUT2D eigenvalue weighted by Gasteiger charge is 2.07. The number of sulfone groups is 1. The van der Waals surface area contributed by atoms with Crippen LogP contribution in [0.1, 0.15) is 26.2 Å². The molecule has 1 aromatic rings. The maximum atomic E-state index is 11.5. The third kappa shape index (κ3) is 6.06. The predicted molar refractivity (Wildman–Crippen MR) is 77.6 cm³/mol. The van der Waals surface area contributed by atoms with E-state index in [4.69, 9.17) is 4.74 Å². The van der Waals surface area contributed by atoms with Gasteiger partial charge in [0.2, 0.25) is 0 Å². The highest BCUT2D eigenvalue weighted by atomic mass is 32.2. The third-order valence-corrected chi connectivity index (χ3v) is 3.85. The number of carbonyl (C=O) groups is 1. The molecule has 0 radical (unpaired) electrons. The molecule has 0 saturated carbocycles. The quantitative estimate of drug-likeness (QED) is 0.743. The number of hydrogen-bond acceptors (Lipinski definition) is 4. The molecule has 0 saturated heterocycles. The molecule has 1 aromatic carbocycles. The Balaban J connectivity index is 2.37. The minimum absolute atomic E-state index is 0.0651. The molecule has 1 rings (SSSR count). The van der Waals surface area contributed by atoms with Gasteiger partial charge in [-0.25, -0.2) is 8.42 Å². The zero-order valence-electron chi connectivity index (χ0n) is 11.9. The number of rotatable bonds is 8. The van der Waals surface area contributed by atoms with Gasteiger partial charge in [0.15, 0.2) is 16.4 Å². The van der Waals surface area contributed by atoms with Gasteiger partial charge in [0, 0.05) is 12.8 Å². The molecule has 0 bridgehead atoms. The molecule has 0 aliphatic carbocycles. The Labute approximate surface area is 120 Å². The summed E-state index contributed by atoms with van der Waals surface area (Å²) in [4.78, 5) is 11.7. The van der Waals surface area contributed by atoms with Crippen LogP contribution in [0.5, 0.6) is 5.75 Å². The van der Waals surface area contributed by atoms with Crippen molar-refractivity contribution >= 4 is 15.7 Å². The van der Waals surface area contributed by atoms with Gasteiger partial charge in [0.05, 0.1) is 4.90 Å². The van der Waals surface area contributed by atoms with Crippen molar-refractivity contribution in [3.05, 3.63) is 24.3 Å². The molecular formula is C14H21NO4S. The topological polar surface area (TPSA) is 72.5 Å². The van der Waals surface area contributed by atoms with E-state index in [1.54, 1.807) is 12.1 Å². The van der Waals surface area contributed by atoms with E-state index in [0.29, 0.717) is 12.3 Å². The van der Waals surface area contributed by atoms with Crippen molar-refractivity contribution in [2.45, 2.75) is 31.1 Å². The Morgan fingerprint density at radius 3 is 2.40 bits per heavy atom. The lowest BCUT2D eigenvalue weighted by molar-refractivity contribution is -0.123. The van der Waals surface area contributed by atoms with Crippen molar-refractivity contribution in [2.75, 3.05) is 19.4 Å². The van der Waals surface area contributed by atoms with E-state index in [1.165, 1.54) is 12.1 Å². The summed E-state index contributed by atoms with van der Waals surface area (Å²) in [6.07, 6.45) is 4.31. The van der Waals surface area contributed by atoms with Gasteiger partial charge in [0.25, 0.3) is 5.91 Å². The summed E-state index contributed by atoms with van der Waals surface area (Å²) in [6.45, 7) is 2.69. The Hall–Kier alpha value is -1.56. The predicted octanol–water partition coefficient (Wildman–Crippen LogP) is 1.78. The van der Waals surface area contributed by atoms with E-state index >= 15 is 0 Å². The van der Waals surface area contributed by atoms with Crippen LogP contribution in [0, 0.1) is 0 Å². The monoisotopic (exact) mass is 299 g/mol. The molecule has 1 amide bonds. The first-order chi connectivity index (χ1) is 9.43. The van der Waals surface area contributed by atoms with Gasteiger partial charge in [-0.15, -0.1) is 0 Å². The fourth-order valence-corrected chi connectivity index (χ4v) is 2.22. The van der Waals surface area contributed by atoms with Crippen LogP contribution in [-0.2, 0) is 14.6 Å². The molecule has 0 fully saturated rings. The van der Waals surface area contributed by atoms with Crippen LogP contribution in [0.25, 0.3) is 0 Å². The molecule has 0 spiro atoms. The van der Waals surface area contributed by atoms with E-state index in [9.17, 15) is 13.2 Å². The summed E-state index contributed by atoms with van der Waals surface area (Å²) >= 11 is 0. The van der Waals surface area contributed by atoms with Crippen LogP contribution in [0.15, 0.2) is 29.2 Å². The van der Waals surface area contributed by atoms with E-state index < -0.39 is 9.84 Å². The second-order valence-electron chi connectivity index (χ2n) is 4.59. The maximum absolute atomic E-state index is 11.5. The minimum atomic E-state index is -3.20. The molecule has 0 unspecified atom stereocenters. The largest absolute Gasteiger partial charge is 0.484 e. The first kappa shape index (κ1) is 16.5. The van der Waals surface area contributed by atoms with Crippen LogP contribution in [0.4, 0.5) is 0 Å². The lowest BCUT2D eigenvalue weighted by Crippen LogP contribution is -2.29. The number of benzene rings is 1. The fraction of sp³-hybridized carbons (Fsp3) is 0.500. The highest BCUT2D eigenvalue weighted by molar-refractivity contribution is 7.90. The lowest BCUT2D eigenvalue weighted by atomic mass is 10.2. The summed E-state index contributed by atoms with van der Waals surface area (Å²) in [6, 6.07) is 6.01. The van der Waals surface area contributed by atoms with Crippen LogP contribution >= 0.6 is 0 Å². The molecule has 0 aliphatic rings. The zero-order chi connectivity index (χ0) is 15.0. The van der Waals surface area contributed by atoms with Crippen molar-refractivity contribution in [2.24, 2.45) is 0 Å². The lowest BCUT2D eigenvalue weighted by Gasteiger charge is -2.07. The van der Waals surface area contributed by atoms with E-state index in [1.807, 2.05) is 0 Å². The van der Waals surface area contributed by atoms with Gasteiger partial charge < -0.3 is 10.1 Å². The van der Waals surface area contributed by atoms with Crippen molar-refractivity contribution in [3.63, 3.8) is 0 Å². The van der Waals surface area contributed by atoms with Crippen molar-refractivity contribution < 1.29 is 17.9 Å². The van der Waals surface area contributed by atoms with Gasteiger partial charge >= 0.3 is 0 Å². The number of unbranched alkanes of at least 4 members (excludes halogenated alkanes) is 2. The molecule has 1 N–H and O–H groups in total.